The Kier molecular flexibility index (Phi) is 5.55. The molecule has 0 aliphatic carbocycles. The van der Waals surface area contributed by atoms with Crippen molar-refractivity contribution in [1.82, 2.24) is 9.88 Å². The van der Waals surface area contributed by atoms with Gasteiger partial charge in [0.05, 0.1) is 25.5 Å². The van der Waals surface area contributed by atoms with Gasteiger partial charge in [-0.1, -0.05) is 6.42 Å². The quantitative estimate of drug-likeness (QED) is 0.850. The van der Waals surface area contributed by atoms with Crippen LogP contribution in [0.3, 0.4) is 0 Å². The highest BCUT2D eigenvalue weighted by molar-refractivity contribution is 7.13. The van der Waals surface area contributed by atoms with E-state index in [0.717, 1.165) is 41.4 Å². The molecule has 134 valence electrons. The number of aliphatic carboxylic acids is 1. The zero-order valence-electron chi connectivity index (χ0n) is 14.4. The van der Waals surface area contributed by atoms with E-state index in [1.54, 1.807) is 14.2 Å². The van der Waals surface area contributed by atoms with Crippen molar-refractivity contribution in [2.75, 3.05) is 20.8 Å². The number of likely N-dealkylation sites (tertiary alicyclic amines) is 1. The van der Waals surface area contributed by atoms with Gasteiger partial charge in [-0.05, 0) is 31.5 Å². The lowest BCUT2D eigenvalue weighted by Crippen LogP contribution is -2.44. The van der Waals surface area contributed by atoms with Gasteiger partial charge in [0.25, 0.3) is 0 Å². The van der Waals surface area contributed by atoms with Crippen LogP contribution in [0, 0.1) is 0 Å². The molecular weight excluding hydrogens is 340 g/mol. The van der Waals surface area contributed by atoms with Crippen LogP contribution in [0.1, 0.15) is 25.0 Å². The number of hydrogen-bond donors (Lipinski definition) is 1. The molecule has 6 nitrogen and oxygen atoms in total. The second kappa shape index (κ2) is 7.84. The predicted molar refractivity (Wildman–Crippen MR) is 96.3 cm³/mol. The fraction of sp³-hybridized carbons (Fsp3) is 0.444. The molecule has 0 amide bonds. The molecule has 3 rings (SSSR count). The molecule has 2 aromatic rings. The maximum Gasteiger partial charge on any atom is 0.320 e. The molecule has 1 aliphatic heterocycles. The highest BCUT2D eigenvalue weighted by atomic mass is 32.1. The smallest absolute Gasteiger partial charge is 0.320 e. The van der Waals surface area contributed by atoms with Crippen LogP contribution < -0.4 is 9.47 Å². The number of benzene rings is 1. The van der Waals surface area contributed by atoms with Crippen molar-refractivity contribution in [3.8, 4) is 22.1 Å². The van der Waals surface area contributed by atoms with E-state index in [4.69, 9.17) is 14.5 Å². The van der Waals surface area contributed by atoms with E-state index in [1.165, 1.54) is 11.3 Å². The van der Waals surface area contributed by atoms with Crippen molar-refractivity contribution in [2.24, 2.45) is 0 Å². The van der Waals surface area contributed by atoms with Gasteiger partial charge in [0.2, 0.25) is 0 Å². The molecule has 7 heteroatoms. The van der Waals surface area contributed by atoms with Gasteiger partial charge in [-0.3, -0.25) is 9.69 Å². The van der Waals surface area contributed by atoms with E-state index in [1.807, 2.05) is 28.5 Å². The fourth-order valence-electron chi connectivity index (χ4n) is 3.15. The third kappa shape index (κ3) is 3.93. The summed E-state index contributed by atoms with van der Waals surface area (Å²) in [4.78, 5) is 18.1. The number of carboxylic acid groups (broad SMARTS) is 1. The van der Waals surface area contributed by atoms with Crippen LogP contribution >= 0.6 is 11.3 Å². The van der Waals surface area contributed by atoms with E-state index in [0.29, 0.717) is 18.7 Å². The predicted octanol–water partition coefficient (Wildman–Crippen LogP) is 3.27. The summed E-state index contributed by atoms with van der Waals surface area (Å²) in [6.07, 6.45) is 2.71. The lowest BCUT2D eigenvalue weighted by molar-refractivity contribution is -0.144. The van der Waals surface area contributed by atoms with Gasteiger partial charge in [-0.2, -0.15) is 0 Å². The van der Waals surface area contributed by atoms with Gasteiger partial charge >= 0.3 is 5.97 Å². The van der Waals surface area contributed by atoms with Crippen LogP contribution in [0.15, 0.2) is 23.6 Å². The molecule has 1 atom stereocenters. The highest BCUT2D eigenvalue weighted by Gasteiger charge is 2.28. The third-order valence-electron chi connectivity index (χ3n) is 4.45. The highest BCUT2D eigenvalue weighted by Crippen LogP contribution is 2.35. The number of ether oxygens (including phenoxy) is 2. The summed E-state index contributed by atoms with van der Waals surface area (Å²) in [5, 5.41) is 12.3. The minimum Gasteiger partial charge on any atom is -0.497 e. The van der Waals surface area contributed by atoms with Crippen molar-refractivity contribution in [1.29, 1.82) is 0 Å². The standard InChI is InChI=1S/C18H22N2O4S/c1-23-13-6-7-14(16(9-13)24-2)17-19-12(11-25-17)10-20-8-4-3-5-15(20)18(21)22/h6-7,9,11,15H,3-5,8,10H2,1-2H3,(H,21,22). The maximum absolute atomic E-state index is 11.4. The lowest BCUT2D eigenvalue weighted by Gasteiger charge is -2.32. The summed E-state index contributed by atoms with van der Waals surface area (Å²) in [6, 6.07) is 5.24. The first kappa shape index (κ1) is 17.7. The van der Waals surface area contributed by atoms with E-state index in [2.05, 4.69) is 0 Å². The van der Waals surface area contributed by atoms with Crippen LogP contribution in [-0.2, 0) is 11.3 Å². The summed E-state index contributed by atoms with van der Waals surface area (Å²) in [5.74, 6) is 0.698. The van der Waals surface area contributed by atoms with Gasteiger partial charge in [0.1, 0.15) is 22.5 Å². The zero-order chi connectivity index (χ0) is 17.8. The first-order valence-corrected chi connectivity index (χ1v) is 9.14. The van der Waals surface area contributed by atoms with E-state index in [-0.39, 0.29) is 0 Å². The monoisotopic (exact) mass is 362 g/mol. The zero-order valence-corrected chi connectivity index (χ0v) is 15.2. The van der Waals surface area contributed by atoms with Crippen LogP contribution in [0.4, 0.5) is 0 Å². The Bertz CT molecular complexity index is 746. The van der Waals surface area contributed by atoms with E-state index >= 15 is 0 Å². The first-order valence-electron chi connectivity index (χ1n) is 8.26. The average Bonchev–Trinajstić information content (AvgIpc) is 3.09. The Balaban J connectivity index is 1.79. The minimum atomic E-state index is -0.744. The van der Waals surface area contributed by atoms with E-state index in [9.17, 15) is 9.90 Å². The molecule has 0 bridgehead atoms. The van der Waals surface area contributed by atoms with Crippen LogP contribution in [-0.4, -0.2) is 47.8 Å². The summed E-state index contributed by atoms with van der Waals surface area (Å²) in [7, 11) is 3.24. The number of hydrogen-bond acceptors (Lipinski definition) is 6. The summed E-state index contributed by atoms with van der Waals surface area (Å²) in [5.41, 5.74) is 1.80. The van der Waals surface area contributed by atoms with Crippen molar-refractivity contribution in [3.05, 3.63) is 29.3 Å². The molecule has 0 spiro atoms. The third-order valence-corrected chi connectivity index (χ3v) is 5.38. The SMILES string of the molecule is COc1ccc(-c2nc(CN3CCCCC3C(=O)O)cs2)c(OC)c1. The summed E-state index contributed by atoms with van der Waals surface area (Å²) >= 11 is 1.54. The molecule has 0 saturated carbocycles. The fourth-order valence-corrected chi connectivity index (χ4v) is 3.99. The van der Waals surface area contributed by atoms with Gasteiger partial charge in [-0.15, -0.1) is 11.3 Å². The molecule has 1 fully saturated rings. The van der Waals surface area contributed by atoms with Gasteiger partial charge in [-0.25, -0.2) is 4.98 Å². The number of thiazole rings is 1. The van der Waals surface area contributed by atoms with Gasteiger partial charge in [0.15, 0.2) is 0 Å². The normalized spacial score (nSPS) is 18.1. The van der Waals surface area contributed by atoms with Gasteiger partial charge in [0, 0.05) is 18.0 Å². The molecule has 1 saturated heterocycles. The summed E-state index contributed by atoms with van der Waals surface area (Å²) < 4.78 is 10.7. The Morgan fingerprint density at radius 1 is 1.36 bits per heavy atom. The molecule has 1 aromatic heterocycles. The molecule has 1 aromatic carbocycles. The molecular formula is C18H22N2O4S. The number of carboxylic acids is 1. The number of nitrogens with zero attached hydrogens (tertiary/aromatic N) is 2. The number of methoxy groups -OCH3 is 2. The average molecular weight is 362 g/mol. The van der Waals surface area contributed by atoms with E-state index < -0.39 is 12.0 Å². The Labute approximate surface area is 151 Å². The second-order valence-corrected chi connectivity index (χ2v) is 6.89. The lowest BCUT2D eigenvalue weighted by atomic mass is 10.0. The first-order chi connectivity index (χ1) is 12.1. The van der Waals surface area contributed by atoms with Crippen molar-refractivity contribution in [2.45, 2.75) is 31.8 Å². The van der Waals surface area contributed by atoms with Crippen molar-refractivity contribution < 1.29 is 19.4 Å². The summed E-state index contributed by atoms with van der Waals surface area (Å²) in [6.45, 7) is 1.36. The number of rotatable bonds is 6. The number of piperidine rings is 1. The van der Waals surface area contributed by atoms with Crippen molar-refractivity contribution >= 4 is 17.3 Å². The second-order valence-electron chi connectivity index (χ2n) is 6.03. The molecule has 25 heavy (non-hydrogen) atoms. The number of carbonyl (C=O) groups is 1. The maximum atomic E-state index is 11.4. The molecule has 2 heterocycles. The van der Waals surface area contributed by atoms with Crippen molar-refractivity contribution in [3.63, 3.8) is 0 Å². The Morgan fingerprint density at radius 3 is 2.92 bits per heavy atom. The topological polar surface area (TPSA) is 71.9 Å². The number of aromatic nitrogens is 1. The molecule has 1 aliphatic rings. The minimum absolute atomic E-state index is 0.408. The van der Waals surface area contributed by atoms with Crippen LogP contribution in [0.2, 0.25) is 0 Å². The van der Waals surface area contributed by atoms with Crippen LogP contribution in [0.5, 0.6) is 11.5 Å². The van der Waals surface area contributed by atoms with Gasteiger partial charge < -0.3 is 14.6 Å². The molecule has 1 unspecified atom stereocenters. The largest absolute Gasteiger partial charge is 0.497 e. The Hall–Kier alpha value is -2.12. The Morgan fingerprint density at radius 2 is 2.20 bits per heavy atom. The molecule has 1 N–H and O–H groups in total. The van der Waals surface area contributed by atoms with Crippen LogP contribution in [0.25, 0.3) is 10.6 Å². The molecule has 0 radical (unpaired) electrons.